The molecule has 3 nitrogen and oxygen atoms in total. The summed E-state index contributed by atoms with van der Waals surface area (Å²) in [7, 11) is 0. The van der Waals surface area contributed by atoms with Crippen LogP contribution in [0, 0.1) is 5.92 Å². The summed E-state index contributed by atoms with van der Waals surface area (Å²) in [6, 6.07) is 0.378. The smallest absolute Gasteiger partial charge is 0.0468 e. The zero-order valence-electron chi connectivity index (χ0n) is 11.0. The Morgan fingerprint density at radius 2 is 1.88 bits per heavy atom. The lowest BCUT2D eigenvalue weighted by Crippen LogP contribution is -2.32. The average molecular weight is 228 g/mol. The van der Waals surface area contributed by atoms with Gasteiger partial charge in [-0.25, -0.2) is 0 Å². The molecule has 0 saturated carbocycles. The molecule has 1 saturated heterocycles. The summed E-state index contributed by atoms with van der Waals surface area (Å²) in [6.07, 6.45) is 4.74. The quantitative estimate of drug-likeness (QED) is 0.723. The average Bonchev–Trinajstić information content (AvgIpc) is 2.31. The van der Waals surface area contributed by atoms with Crippen molar-refractivity contribution in [2.45, 2.75) is 45.6 Å². The number of rotatable bonds is 7. The number of hydrogen-bond donors (Lipinski definition) is 1. The van der Waals surface area contributed by atoms with Crippen LogP contribution in [0.2, 0.25) is 0 Å². The molecule has 2 N–H and O–H groups in total. The van der Waals surface area contributed by atoms with Crippen molar-refractivity contribution >= 4 is 0 Å². The first-order valence-electron chi connectivity index (χ1n) is 6.81. The van der Waals surface area contributed by atoms with Crippen molar-refractivity contribution in [3.63, 3.8) is 0 Å². The van der Waals surface area contributed by atoms with E-state index in [0.29, 0.717) is 6.04 Å². The van der Waals surface area contributed by atoms with Crippen molar-refractivity contribution in [2.75, 3.05) is 32.8 Å². The van der Waals surface area contributed by atoms with Crippen molar-refractivity contribution in [3.05, 3.63) is 0 Å². The largest absolute Gasteiger partial charge is 0.381 e. The highest BCUT2D eigenvalue weighted by Gasteiger charge is 2.17. The fraction of sp³-hybridized carbons (Fsp3) is 1.00. The van der Waals surface area contributed by atoms with E-state index in [2.05, 4.69) is 18.7 Å². The summed E-state index contributed by atoms with van der Waals surface area (Å²) in [5, 5.41) is 0. The van der Waals surface area contributed by atoms with Crippen LogP contribution in [0.1, 0.15) is 39.5 Å². The number of ether oxygens (including phenoxy) is 1. The molecule has 1 atom stereocenters. The van der Waals surface area contributed by atoms with Crippen LogP contribution in [0.3, 0.4) is 0 Å². The molecule has 16 heavy (non-hydrogen) atoms. The van der Waals surface area contributed by atoms with E-state index in [4.69, 9.17) is 10.5 Å². The Kier molecular flexibility index (Phi) is 7.01. The van der Waals surface area contributed by atoms with Gasteiger partial charge in [0.05, 0.1) is 0 Å². The Balaban J connectivity index is 2.11. The summed E-state index contributed by atoms with van der Waals surface area (Å²) in [4.78, 5) is 2.45. The molecule has 1 heterocycles. The van der Waals surface area contributed by atoms with Gasteiger partial charge < -0.3 is 15.4 Å². The molecule has 1 unspecified atom stereocenters. The first kappa shape index (κ1) is 13.9. The normalized spacial score (nSPS) is 20.2. The Bertz CT molecular complexity index is 165. The minimum Gasteiger partial charge on any atom is -0.381 e. The molecule has 1 rings (SSSR count). The topological polar surface area (TPSA) is 38.5 Å². The van der Waals surface area contributed by atoms with Crippen molar-refractivity contribution in [2.24, 2.45) is 11.7 Å². The van der Waals surface area contributed by atoms with E-state index in [1.807, 2.05) is 0 Å². The molecule has 0 aromatic rings. The summed E-state index contributed by atoms with van der Waals surface area (Å²) < 4.78 is 5.37. The van der Waals surface area contributed by atoms with E-state index in [0.717, 1.165) is 45.2 Å². The van der Waals surface area contributed by atoms with Gasteiger partial charge in [0, 0.05) is 19.3 Å². The van der Waals surface area contributed by atoms with Crippen LogP contribution in [-0.2, 0) is 4.74 Å². The molecule has 3 heteroatoms. The van der Waals surface area contributed by atoms with Gasteiger partial charge in [-0.3, -0.25) is 0 Å². The first-order chi connectivity index (χ1) is 7.76. The van der Waals surface area contributed by atoms with E-state index in [-0.39, 0.29) is 0 Å². The Morgan fingerprint density at radius 1 is 1.25 bits per heavy atom. The molecule has 96 valence electrons. The van der Waals surface area contributed by atoms with Crippen molar-refractivity contribution in [3.8, 4) is 0 Å². The predicted octanol–water partition coefficient (Wildman–Crippen LogP) is 1.86. The van der Waals surface area contributed by atoms with Gasteiger partial charge in [-0.2, -0.15) is 0 Å². The van der Waals surface area contributed by atoms with Gasteiger partial charge in [0.1, 0.15) is 0 Å². The molecule has 0 radical (unpaired) electrons. The monoisotopic (exact) mass is 228 g/mol. The van der Waals surface area contributed by atoms with Crippen molar-refractivity contribution in [1.29, 1.82) is 0 Å². The van der Waals surface area contributed by atoms with Crippen LogP contribution < -0.4 is 5.73 Å². The highest BCUT2D eigenvalue weighted by atomic mass is 16.5. The maximum absolute atomic E-state index is 6.19. The molecule has 0 aliphatic carbocycles. The van der Waals surface area contributed by atoms with Crippen LogP contribution in [0.4, 0.5) is 0 Å². The second-order valence-corrected chi connectivity index (χ2v) is 4.87. The lowest BCUT2D eigenvalue weighted by Gasteiger charge is -2.26. The van der Waals surface area contributed by atoms with Crippen molar-refractivity contribution < 1.29 is 4.74 Å². The Labute approximate surface area is 100 Å². The van der Waals surface area contributed by atoms with Gasteiger partial charge in [-0.1, -0.05) is 13.8 Å². The molecular formula is C13H28N2O. The van der Waals surface area contributed by atoms with Crippen molar-refractivity contribution in [1.82, 2.24) is 4.90 Å². The number of nitrogens with two attached hydrogens (primary N) is 1. The lowest BCUT2D eigenvalue weighted by molar-refractivity contribution is 0.0612. The van der Waals surface area contributed by atoms with E-state index in [1.165, 1.54) is 19.3 Å². The maximum atomic E-state index is 6.19. The Hall–Kier alpha value is -0.120. The first-order valence-corrected chi connectivity index (χ1v) is 6.81. The van der Waals surface area contributed by atoms with E-state index < -0.39 is 0 Å². The number of nitrogens with zero attached hydrogens (tertiary/aromatic N) is 1. The third-order valence-corrected chi connectivity index (χ3v) is 3.69. The third-order valence-electron chi connectivity index (χ3n) is 3.69. The van der Waals surface area contributed by atoms with E-state index in [1.54, 1.807) is 0 Å². The molecule has 0 bridgehead atoms. The fourth-order valence-electron chi connectivity index (χ4n) is 2.42. The van der Waals surface area contributed by atoms with Crippen LogP contribution in [0.15, 0.2) is 0 Å². The summed E-state index contributed by atoms with van der Waals surface area (Å²) >= 11 is 0. The van der Waals surface area contributed by atoms with Crippen LogP contribution in [-0.4, -0.2) is 43.8 Å². The molecule has 1 fully saturated rings. The third kappa shape index (κ3) is 5.28. The van der Waals surface area contributed by atoms with Gasteiger partial charge in [0.15, 0.2) is 0 Å². The van der Waals surface area contributed by atoms with Gasteiger partial charge in [0.2, 0.25) is 0 Å². The minimum atomic E-state index is 0.378. The zero-order chi connectivity index (χ0) is 11.8. The highest BCUT2D eigenvalue weighted by molar-refractivity contribution is 4.72. The lowest BCUT2D eigenvalue weighted by atomic mass is 9.91. The fourth-order valence-corrected chi connectivity index (χ4v) is 2.42. The summed E-state index contributed by atoms with van der Waals surface area (Å²) in [5.41, 5.74) is 6.19. The predicted molar refractivity (Wildman–Crippen MR) is 68.5 cm³/mol. The van der Waals surface area contributed by atoms with Gasteiger partial charge in [-0.15, -0.1) is 0 Å². The molecule has 0 aromatic carbocycles. The molecule has 0 amide bonds. The molecule has 1 aliphatic rings. The highest BCUT2D eigenvalue weighted by Crippen LogP contribution is 2.20. The maximum Gasteiger partial charge on any atom is 0.0468 e. The van der Waals surface area contributed by atoms with Crippen LogP contribution in [0.25, 0.3) is 0 Å². The van der Waals surface area contributed by atoms with Crippen LogP contribution in [0.5, 0.6) is 0 Å². The standard InChI is InChI=1S/C13H28N2O/c1-3-15(4-2)8-5-13(14)11-12-6-9-16-10-7-12/h12-13H,3-11,14H2,1-2H3. The number of hydrogen-bond acceptors (Lipinski definition) is 3. The van der Waals surface area contributed by atoms with Gasteiger partial charge in [0.25, 0.3) is 0 Å². The van der Waals surface area contributed by atoms with E-state index in [9.17, 15) is 0 Å². The van der Waals surface area contributed by atoms with Gasteiger partial charge >= 0.3 is 0 Å². The van der Waals surface area contributed by atoms with Crippen LogP contribution >= 0.6 is 0 Å². The van der Waals surface area contributed by atoms with E-state index >= 15 is 0 Å². The molecule has 1 aliphatic heterocycles. The van der Waals surface area contributed by atoms with Gasteiger partial charge in [-0.05, 0) is 51.2 Å². The second kappa shape index (κ2) is 8.04. The summed E-state index contributed by atoms with van der Waals surface area (Å²) in [5.74, 6) is 0.806. The minimum absolute atomic E-state index is 0.378. The Morgan fingerprint density at radius 3 is 2.44 bits per heavy atom. The molecular weight excluding hydrogens is 200 g/mol. The SMILES string of the molecule is CCN(CC)CCC(N)CC1CCOCC1. The molecule has 0 aromatic heterocycles. The second-order valence-electron chi connectivity index (χ2n) is 4.87. The molecule has 0 spiro atoms. The zero-order valence-corrected chi connectivity index (χ0v) is 11.0. The summed E-state index contributed by atoms with van der Waals surface area (Å²) in [6.45, 7) is 9.74.